The van der Waals surface area contributed by atoms with Crippen LogP contribution in [0.25, 0.3) is 16.7 Å². The summed E-state index contributed by atoms with van der Waals surface area (Å²) in [6.07, 6.45) is 3.41. The molecule has 0 aliphatic heterocycles. The van der Waals surface area contributed by atoms with Crippen LogP contribution < -0.4 is 10.6 Å². The number of thiocarbonyl (C=S) groups is 1. The second-order valence-electron chi connectivity index (χ2n) is 7.92. The summed E-state index contributed by atoms with van der Waals surface area (Å²) in [5.74, 6) is -0.447. The van der Waals surface area contributed by atoms with Gasteiger partial charge >= 0.3 is 0 Å². The van der Waals surface area contributed by atoms with Crippen LogP contribution in [0.4, 0.5) is 5.69 Å². The normalized spacial score (nSPS) is 10.9. The largest absolute Gasteiger partial charge is 0.332 e. The molecule has 1 heterocycles. The first kappa shape index (κ1) is 24.1. The molecule has 9 heteroatoms. The van der Waals surface area contributed by atoms with Crippen LogP contribution in [-0.2, 0) is 6.42 Å². The van der Waals surface area contributed by atoms with Gasteiger partial charge in [-0.05, 0) is 79.5 Å². The Morgan fingerprint density at radius 1 is 1.06 bits per heavy atom. The van der Waals surface area contributed by atoms with Crippen LogP contribution in [0.1, 0.15) is 41.3 Å². The molecular weight excluding hydrogens is 489 g/mol. The van der Waals surface area contributed by atoms with Crippen molar-refractivity contribution in [1.82, 2.24) is 20.3 Å². The van der Waals surface area contributed by atoms with Gasteiger partial charge in [0.25, 0.3) is 5.91 Å². The highest BCUT2D eigenvalue weighted by molar-refractivity contribution is 7.80. The maximum absolute atomic E-state index is 12.6. The zero-order chi connectivity index (χ0) is 24.2. The molecule has 0 fully saturated rings. The monoisotopic (exact) mass is 511 g/mol. The number of halogens is 2. The summed E-state index contributed by atoms with van der Waals surface area (Å²) in [6, 6.07) is 16.9. The van der Waals surface area contributed by atoms with E-state index in [0.29, 0.717) is 10.5 Å². The lowest BCUT2D eigenvalue weighted by molar-refractivity contribution is 0.0978. The Balaban J connectivity index is 1.50. The highest BCUT2D eigenvalue weighted by Gasteiger charge is 2.15. The Bertz CT molecular complexity index is 1370. The molecule has 34 heavy (non-hydrogen) atoms. The van der Waals surface area contributed by atoms with Crippen molar-refractivity contribution in [3.63, 3.8) is 0 Å². The zero-order valence-electron chi connectivity index (χ0n) is 18.7. The van der Waals surface area contributed by atoms with Gasteiger partial charge in [-0.15, -0.1) is 10.2 Å². The number of rotatable bonds is 6. The summed E-state index contributed by atoms with van der Waals surface area (Å²) in [6.45, 7) is 4.12. The minimum atomic E-state index is -0.447. The van der Waals surface area contributed by atoms with Crippen molar-refractivity contribution in [2.75, 3.05) is 5.32 Å². The molecule has 0 radical (unpaired) electrons. The molecule has 0 aliphatic carbocycles. The van der Waals surface area contributed by atoms with Crippen molar-refractivity contribution in [2.45, 2.75) is 33.1 Å². The smallest absolute Gasteiger partial charge is 0.258 e. The van der Waals surface area contributed by atoms with Gasteiger partial charge in [0.15, 0.2) is 5.11 Å². The molecule has 0 saturated heterocycles. The lowest BCUT2D eigenvalue weighted by Gasteiger charge is -2.12. The Morgan fingerprint density at radius 2 is 1.76 bits per heavy atom. The van der Waals surface area contributed by atoms with Crippen molar-refractivity contribution in [3.8, 4) is 5.69 Å². The molecule has 3 aromatic carbocycles. The van der Waals surface area contributed by atoms with E-state index in [0.717, 1.165) is 28.9 Å². The number of unbranched alkanes of at least 4 members (excludes halogenated alkanes) is 1. The van der Waals surface area contributed by atoms with Crippen molar-refractivity contribution >= 4 is 63.2 Å². The molecular formula is C25H23Cl2N5OS. The summed E-state index contributed by atoms with van der Waals surface area (Å²) in [5.41, 5.74) is 5.54. The Kier molecular flexibility index (Phi) is 7.46. The van der Waals surface area contributed by atoms with E-state index in [1.807, 2.05) is 31.2 Å². The number of aromatic nitrogens is 3. The van der Waals surface area contributed by atoms with E-state index in [-0.39, 0.29) is 15.7 Å². The van der Waals surface area contributed by atoms with Gasteiger partial charge < -0.3 is 5.32 Å². The van der Waals surface area contributed by atoms with E-state index in [1.54, 1.807) is 23.0 Å². The number of hydrogen-bond acceptors (Lipinski definition) is 4. The summed E-state index contributed by atoms with van der Waals surface area (Å²) in [5, 5.41) is 15.5. The second-order valence-corrected chi connectivity index (χ2v) is 9.12. The molecule has 0 spiro atoms. The summed E-state index contributed by atoms with van der Waals surface area (Å²) in [7, 11) is 0. The van der Waals surface area contributed by atoms with Crippen LogP contribution in [-0.4, -0.2) is 26.0 Å². The Hall–Kier alpha value is -3.00. The third-order valence-corrected chi connectivity index (χ3v) is 6.41. The molecule has 4 aromatic rings. The molecule has 0 aliphatic rings. The number of carbonyl (C=O) groups is 1. The number of nitrogens with zero attached hydrogens (tertiary/aromatic N) is 3. The molecule has 4 rings (SSSR count). The first-order valence-corrected chi connectivity index (χ1v) is 12.1. The fraction of sp³-hybridized carbons (Fsp3) is 0.200. The third-order valence-electron chi connectivity index (χ3n) is 5.38. The maximum atomic E-state index is 12.6. The second kappa shape index (κ2) is 10.5. The first-order valence-electron chi connectivity index (χ1n) is 10.9. The molecule has 1 aromatic heterocycles. The van der Waals surface area contributed by atoms with Crippen LogP contribution in [0.5, 0.6) is 0 Å². The number of carbonyl (C=O) groups excluding carboxylic acids is 1. The number of hydrogen-bond donors (Lipinski definition) is 2. The van der Waals surface area contributed by atoms with E-state index in [2.05, 4.69) is 39.9 Å². The number of fused-ring (bicyclic) bond motifs is 1. The van der Waals surface area contributed by atoms with Crippen LogP contribution in [0.2, 0.25) is 10.0 Å². The van der Waals surface area contributed by atoms with Gasteiger partial charge in [0.2, 0.25) is 0 Å². The van der Waals surface area contributed by atoms with E-state index >= 15 is 0 Å². The van der Waals surface area contributed by atoms with E-state index in [1.165, 1.54) is 18.4 Å². The molecule has 0 bridgehead atoms. The van der Waals surface area contributed by atoms with Crippen molar-refractivity contribution in [3.05, 3.63) is 81.3 Å². The zero-order valence-corrected chi connectivity index (χ0v) is 21.1. The number of amides is 1. The topological polar surface area (TPSA) is 71.8 Å². The molecule has 1 amide bonds. The minimum Gasteiger partial charge on any atom is -0.332 e. The fourth-order valence-electron chi connectivity index (χ4n) is 3.50. The Morgan fingerprint density at radius 3 is 2.47 bits per heavy atom. The summed E-state index contributed by atoms with van der Waals surface area (Å²) < 4.78 is 0. The lowest BCUT2D eigenvalue weighted by atomic mass is 10.1. The van der Waals surface area contributed by atoms with Crippen molar-refractivity contribution < 1.29 is 4.79 Å². The molecule has 0 saturated carbocycles. The van der Waals surface area contributed by atoms with Gasteiger partial charge in [0.1, 0.15) is 11.0 Å². The van der Waals surface area contributed by atoms with Gasteiger partial charge in [-0.1, -0.05) is 54.7 Å². The van der Waals surface area contributed by atoms with Crippen LogP contribution in [0.15, 0.2) is 54.6 Å². The molecule has 2 N–H and O–H groups in total. The predicted octanol–water partition coefficient (Wildman–Crippen LogP) is 6.51. The van der Waals surface area contributed by atoms with Crippen molar-refractivity contribution in [2.24, 2.45) is 0 Å². The van der Waals surface area contributed by atoms with Gasteiger partial charge in [0.05, 0.1) is 21.3 Å². The first-order chi connectivity index (χ1) is 16.4. The van der Waals surface area contributed by atoms with Gasteiger partial charge in [-0.2, -0.15) is 4.80 Å². The highest BCUT2D eigenvalue weighted by Crippen LogP contribution is 2.26. The quantitative estimate of drug-likeness (QED) is 0.289. The average Bonchev–Trinajstić information content (AvgIpc) is 3.22. The fourth-order valence-corrected chi connectivity index (χ4v) is 4.09. The van der Waals surface area contributed by atoms with E-state index in [9.17, 15) is 4.79 Å². The predicted molar refractivity (Wildman–Crippen MR) is 142 cm³/mol. The molecule has 0 unspecified atom stereocenters. The summed E-state index contributed by atoms with van der Waals surface area (Å²) >= 11 is 17.5. The maximum Gasteiger partial charge on any atom is 0.258 e. The molecule has 6 nitrogen and oxygen atoms in total. The SMILES string of the molecule is CCCCc1ccc(-n2nc3cc(C)c(NC(=S)NC(=O)c4cccc(Cl)c4Cl)cc3n2)cc1. The van der Waals surface area contributed by atoms with E-state index < -0.39 is 5.91 Å². The van der Waals surface area contributed by atoms with Gasteiger partial charge in [0, 0.05) is 5.69 Å². The molecule has 174 valence electrons. The highest BCUT2D eigenvalue weighted by atomic mass is 35.5. The van der Waals surface area contributed by atoms with Gasteiger partial charge in [-0.25, -0.2) is 0 Å². The number of aryl methyl sites for hydroxylation is 2. The van der Waals surface area contributed by atoms with Gasteiger partial charge in [-0.3, -0.25) is 10.1 Å². The van der Waals surface area contributed by atoms with E-state index in [4.69, 9.17) is 35.4 Å². The average molecular weight is 512 g/mol. The van der Waals surface area contributed by atoms with Crippen LogP contribution in [0, 0.1) is 6.92 Å². The summed E-state index contributed by atoms with van der Waals surface area (Å²) in [4.78, 5) is 14.2. The standard InChI is InChI=1S/C25H23Cl2N5OS/c1-3-4-6-16-9-11-17(12-10-16)32-30-21-13-15(2)20(14-22(21)31-32)28-25(34)29-24(33)18-7-5-8-19(26)23(18)27/h5,7-14H,3-4,6H2,1-2H3,(H2,28,29,33,34). The van der Waals surface area contributed by atoms with Crippen LogP contribution >= 0.6 is 35.4 Å². The minimum absolute atomic E-state index is 0.138. The Labute approximate surface area is 213 Å². The third kappa shape index (κ3) is 5.38. The van der Waals surface area contributed by atoms with Crippen LogP contribution in [0.3, 0.4) is 0 Å². The number of anilines is 1. The molecule has 0 atom stereocenters. The van der Waals surface area contributed by atoms with Crippen molar-refractivity contribution in [1.29, 1.82) is 0 Å². The lowest BCUT2D eigenvalue weighted by Crippen LogP contribution is -2.34. The number of benzene rings is 3. The number of nitrogens with one attached hydrogen (secondary N) is 2.